The second-order valence-corrected chi connectivity index (χ2v) is 6.12. The minimum atomic E-state index is 0.721. The van der Waals surface area contributed by atoms with Gasteiger partial charge in [-0.15, -0.1) is 0 Å². The van der Waals surface area contributed by atoms with E-state index in [1.807, 2.05) is 7.05 Å². The van der Waals surface area contributed by atoms with Crippen molar-refractivity contribution in [1.82, 2.24) is 9.97 Å². The quantitative estimate of drug-likeness (QED) is 0.915. The molecule has 1 saturated carbocycles. The van der Waals surface area contributed by atoms with Crippen molar-refractivity contribution >= 4 is 11.6 Å². The van der Waals surface area contributed by atoms with Gasteiger partial charge in [0.25, 0.3) is 0 Å². The number of piperidine rings is 1. The zero-order valence-corrected chi connectivity index (χ0v) is 12.7. The minimum absolute atomic E-state index is 0.721. The van der Waals surface area contributed by atoms with Gasteiger partial charge < -0.3 is 10.2 Å². The molecule has 3 rings (SSSR count). The maximum atomic E-state index is 4.66. The van der Waals surface area contributed by atoms with Crippen LogP contribution in [0.15, 0.2) is 6.33 Å². The van der Waals surface area contributed by atoms with Gasteiger partial charge >= 0.3 is 0 Å². The molecule has 0 bridgehead atoms. The molecule has 0 amide bonds. The van der Waals surface area contributed by atoms with Crippen LogP contribution in [0.1, 0.15) is 51.0 Å². The van der Waals surface area contributed by atoms with Crippen LogP contribution in [0.3, 0.4) is 0 Å². The van der Waals surface area contributed by atoms with Gasteiger partial charge in [-0.25, -0.2) is 9.97 Å². The lowest BCUT2D eigenvalue weighted by atomic mass is 9.91. The maximum Gasteiger partial charge on any atom is 0.137 e. The average Bonchev–Trinajstić information content (AvgIpc) is 2.96. The summed E-state index contributed by atoms with van der Waals surface area (Å²) < 4.78 is 0. The van der Waals surface area contributed by atoms with Crippen LogP contribution in [0.5, 0.6) is 0 Å². The molecule has 0 spiro atoms. The van der Waals surface area contributed by atoms with Crippen LogP contribution in [0.25, 0.3) is 0 Å². The molecule has 0 aromatic carbocycles. The molecule has 4 nitrogen and oxygen atoms in total. The summed E-state index contributed by atoms with van der Waals surface area (Å²) in [6.07, 6.45) is 10.8. The summed E-state index contributed by atoms with van der Waals surface area (Å²) in [7, 11) is 1.96. The van der Waals surface area contributed by atoms with Gasteiger partial charge in [-0.1, -0.05) is 19.8 Å². The Kier molecular flexibility index (Phi) is 4.08. The largest absolute Gasteiger partial charge is 0.373 e. The van der Waals surface area contributed by atoms with E-state index in [9.17, 15) is 0 Å². The Bertz CT molecular complexity index is 460. The van der Waals surface area contributed by atoms with Crippen molar-refractivity contribution in [3.05, 3.63) is 11.9 Å². The van der Waals surface area contributed by atoms with Gasteiger partial charge in [-0.3, -0.25) is 0 Å². The number of nitrogens with zero attached hydrogens (tertiary/aromatic N) is 3. The predicted octanol–water partition coefficient (Wildman–Crippen LogP) is 3.24. The third-order valence-electron chi connectivity index (χ3n) is 4.92. The first-order valence-corrected chi connectivity index (χ1v) is 8.13. The lowest BCUT2D eigenvalue weighted by Crippen LogP contribution is -2.43. The number of hydrogen-bond donors (Lipinski definition) is 1. The first-order chi connectivity index (χ1) is 9.85. The highest BCUT2D eigenvalue weighted by Gasteiger charge is 2.36. The summed E-state index contributed by atoms with van der Waals surface area (Å²) in [6.45, 7) is 3.39. The van der Waals surface area contributed by atoms with E-state index >= 15 is 0 Å². The predicted molar refractivity (Wildman–Crippen MR) is 83.3 cm³/mol. The van der Waals surface area contributed by atoms with Crippen molar-refractivity contribution in [3.8, 4) is 0 Å². The highest BCUT2D eigenvalue weighted by molar-refractivity contribution is 5.59. The van der Waals surface area contributed by atoms with E-state index in [2.05, 4.69) is 27.1 Å². The third-order valence-corrected chi connectivity index (χ3v) is 4.92. The van der Waals surface area contributed by atoms with Gasteiger partial charge in [0, 0.05) is 25.2 Å². The molecule has 1 saturated heterocycles. The molecule has 20 heavy (non-hydrogen) atoms. The molecule has 1 N–H and O–H groups in total. The standard InChI is InChI=1S/C16H26N4/c1-3-6-13-15(17-2)18-11-19-16(13)20-10-5-8-12-7-4-9-14(12)20/h11-12,14H,3-10H2,1-2H3,(H,17,18,19). The fraction of sp³-hybridized carbons (Fsp3) is 0.750. The first-order valence-electron chi connectivity index (χ1n) is 8.13. The minimum Gasteiger partial charge on any atom is -0.373 e. The fourth-order valence-electron chi connectivity index (χ4n) is 4.06. The zero-order valence-electron chi connectivity index (χ0n) is 12.7. The van der Waals surface area contributed by atoms with Gasteiger partial charge in [-0.2, -0.15) is 0 Å². The van der Waals surface area contributed by atoms with E-state index in [1.165, 1.54) is 43.5 Å². The Balaban J connectivity index is 1.95. The van der Waals surface area contributed by atoms with Crippen molar-refractivity contribution in [3.63, 3.8) is 0 Å². The summed E-state index contributed by atoms with van der Waals surface area (Å²) in [5.41, 5.74) is 1.31. The van der Waals surface area contributed by atoms with E-state index < -0.39 is 0 Å². The van der Waals surface area contributed by atoms with Gasteiger partial charge in [-0.05, 0) is 38.0 Å². The summed E-state index contributed by atoms with van der Waals surface area (Å²) in [5.74, 6) is 3.10. The second-order valence-electron chi connectivity index (χ2n) is 6.12. The number of anilines is 2. The van der Waals surface area contributed by atoms with Crippen LogP contribution in [-0.2, 0) is 6.42 Å². The number of fused-ring (bicyclic) bond motifs is 1. The topological polar surface area (TPSA) is 41.1 Å². The summed E-state index contributed by atoms with van der Waals surface area (Å²) >= 11 is 0. The molecule has 1 aliphatic heterocycles. The fourth-order valence-corrected chi connectivity index (χ4v) is 4.06. The highest BCUT2D eigenvalue weighted by atomic mass is 15.2. The molecule has 2 unspecified atom stereocenters. The monoisotopic (exact) mass is 274 g/mol. The molecule has 0 radical (unpaired) electrons. The normalized spacial score (nSPS) is 25.6. The molecular weight excluding hydrogens is 248 g/mol. The number of rotatable bonds is 4. The van der Waals surface area contributed by atoms with Crippen LogP contribution in [-0.4, -0.2) is 29.6 Å². The van der Waals surface area contributed by atoms with Gasteiger partial charge in [0.15, 0.2) is 0 Å². The Morgan fingerprint density at radius 1 is 1.25 bits per heavy atom. The molecule has 4 heteroatoms. The average molecular weight is 274 g/mol. The van der Waals surface area contributed by atoms with Crippen LogP contribution in [0.4, 0.5) is 11.6 Å². The second kappa shape index (κ2) is 5.98. The van der Waals surface area contributed by atoms with Crippen molar-refractivity contribution in [2.75, 3.05) is 23.8 Å². The lowest BCUT2D eigenvalue weighted by molar-refractivity contribution is 0.360. The Hall–Kier alpha value is -1.32. The van der Waals surface area contributed by atoms with Crippen LogP contribution in [0.2, 0.25) is 0 Å². The highest BCUT2D eigenvalue weighted by Crippen LogP contribution is 2.40. The zero-order chi connectivity index (χ0) is 13.9. The summed E-state index contributed by atoms with van der Waals surface area (Å²) in [6, 6.07) is 0.721. The summed E-state index contributed by atoms with van der Waals surface area (Å²) in [4.78, 5) is 11.7. The van der Waals surface area contributed by atoms with Crippen molar-refractivity contribution in [2.24, 2.45) is 5.92 Å². The molecule has 2 atom stereocenters. The molecule has 2 aliphatic rings. The van der Waals surface area contributed by atoms with Crippen LogP contribution in [0, 0.1) is 5.92 Å². The van der Waals surface area contributed by atoms with Crippen LogP contribution >= 0.6 is 0 Å². The third kappa shape index (κ3) is 2.36. The number of aromatic nitrogens is 2. The smallest absolute Gasteiger partial charge is 0.137 e. The Morgan fingerprint density at radius 3 is 2.90 bits per heavy atom. The van der Waals surface area contributed by atoms with Gasteiger partial charge in [0.2, 0.25) is 0 Å². The lowest BCUT2D eigenvalue weighted by Gasteiger charge is -2.39. The van der Waals surface area contributed by atoms with E-state index in [0.717, 1.165) is 37.2 Å². The molecule has 2 fully saturated rings. The van der Waals surface area contributed by atoms with E-state index in [4.69, 9.17) is 0 Å². The van der Waals surface area contributed by atoms with E-state index in [-0.39, 0.29) is 0 Å². The van der Waals surface area contributed by atoms with Gasteiger partial charge in [0.05, 0.1) is 0 Å². The van der Waals surface area contributed by atoms with Gasteiger partial charge in [0.1, 0.15) is 18.0 Å². The van der Waals surface area contributed by atoms with E-state index in [0.29, 0.717) is 0 Å². The number of hydrogen-bond acceptors (Lipinski definition) is 4. The van der Waals surface area contributed by atoms with Crippen molar-refractivity contribution in [2.45, 2.75) is 57.9 Å². The Labute approximate surface area is 122 Å². The number of nitrogens with one attached hydrogen (secondary N) is 1. The Morgan fingerprint density at radius 2 is 2.10 bits per heavy atom. The van der Waals surface area contributed by atoms with E-state index in [1.54, 1.807) is 6.33 Å². The maximum absolute atomic E-state index is 4.66. The summed E-state index contributed by atoms with van der Waals surface area (Å²) in [5, 5.41) is 3.24. The molecule has 110 valence electrons. The molecule has 1 aromatic heterocycles. The van der Waals surface area contributed by atoms with Crippen molar-refractivity contribution in [1.29, 1.82) is 0 Å². The van der Waals surface area contributed by atoms with Crippen LogP contribution < -0.4 is 10.2 Å². The molecule has 2 heterocycles. The SMILES string of the molecule is CCCc1c(NC)ncnc1N1CCCC2CCCC21. The first kappa shape index (κ1) is 13.7. The molecule has 1 aliphatic carbocycles. The van der Waals surface area contributed by atoms with Crippen molar-refractivity contribution < 1.29 is 0 Å². The molecular formula is C16H26N4. The molecule has 1 aromatic rings.